The van der Waals surface area contributed by atoms with Gasteiger partial charge in [-0.3, -0.25) is 4.79 Å². The van der Waals surface area contributed by atoms with E-state index in [9.17, 15) is 4.79 Å². The SMILES string of the molecule is CC(=O)c1ccc(-c2nc3c4ccccc4c4ccccc4c3o2)o1. The summed E-state index contributed by atoms with van der Waals surface area (Å²) >= 11 is 0. The van der Waals surface area contributed by atoms with E-state index in [0.29, 0.717) is 17.4 Å². The third-order valence-corrected chi connectivity index (χ3v) is 4.43. The highest BCUT2D eigenvalue weighted by Crippen LogP contribution is 2.37. The maximum absolute atomic E-state index is 11.5. The first-order valence-electron chi connectivity index (χ1n) is 8.03. The van der Waals surface area contributed by atoms with Crippen molar-refractivity contribution in [1.82, 2.24) is 4.98 Å². The molecule has 0 radical (unpaired) electrons. The number of nitrogens with zero attached hydrogens (tertiary/aromatic N) is 1. The number of Topliss-reactive ketones (excluding diaryl/α,β-unsaturated/α-hetero) is 1. The van der Waals surface area contributed by atoms with Crippen LogP contribution < -0.4 is 0 Å². The Labute approximate surface area is 142 Å². The lowest BCUT2D eigenvalue weighted by Crippen LogP contribution is -1.86. The maximum atomic E-state index is 11.5. The molecule has 0 aliphatic carbocycles. The van der Waals surface area contributed by atoms with Gasteiger partial charge in [0.2, 0.25) is 0 Å². The van der Waals surface area contributed by atoms with Gasteiger partial charge in [0, 0.05) is 17.7 Å². The van der Waals surface area contributed by atoms with Crippen LogP contribution >= 0.6 is 0 Å². The van der Waals surface area contributed by atoms with Crippen LogP contribution in [0.25, 0.3) is 44.3 Å². The Morgan fingerprint density at radius 1 is 0.800 bits per heavy atom. The lowest BCUT2D eigenvalue weighted by molar-refractivity contribution is 0.0988. The summed E-state index contributed by atoms with van der Waals surface area (Å²) in [7, 11) is 0. The number of fused-ring (bicyclic) bond motifs is 6. The number of carbonyl (C=O) groups is 1. The Hall–Kier alpha value is -3.40. The molecule has 0 aliphatic heterocycles. The Morgan fingerprint density at radius 2 is 1.44 bits per heavy atom. The number of hydrogen-bond donors (Lipinski definition) is 0. The molecular formula is C21H13NO3. The second-order valence-electron chi connectivity index (χ2n) is 6.01. The molecule has 0 saturated carbocycles. The molecule has 0 aliphatic rings. The Kier molecular flexibility index (Phi) is 2.82. The van der Waals surface area contributed by atoms with Gasteiger partial charge >= 0.3 is 0 Å². The van der Waals surface area contributed by atoms with Gasteiger partial charge in [-0.2, -0.15) is 0 Å². The number of aromatic nitrogens is 1. The molecule has 0 spiro atoms. The third-order valence-electron chi connectivity index (χ3n) is 4.43. The number of hydrogen-bond acceptors (Lipinski definition) is 4. The number of benzene rings is 3. The predicted octanol–water partition coefficient (Wildman–Crippen LogP) is 5.60. The molecule has 0 bridgehead atoms. The van der Waals surface area contributed by atoms with Crippen molar-refractivity contribution in [1.29, 1.82) is 0 Å². The summed E-state index contributed by atoms with van der Waals surface area (Å²) < 4.78 is 11.6. The minimum Gasteiger partial charge on any atom is -0.448 e. The second kappa shape index (κ2) is 5.05. The average Bonchev–Trinajstić information content (AvgIpc) is 3.29. The first-order valence-corrected chi connectivity index (χ1v) is 8.03. The van der Waals surface area contributed by atoms with Crippen LogP contribution in [-0.2, 0) is 0 Å². The summed E-state index contributed by atoms with van der Waals surface area (Å²) in [6, 6.07) is 19.6. The van der Waals surface area contributed by atoms with Gasteiger partial charge < -0.3 is 8.83 Å². The van der Waals surface area contributed by atoms with Gasteiger partial charge in [0.15, 0.2) is 22.9 Å². The minimum absolute atomic E-state index is 0.127. The fourth-order valence-corrected chi connectivity index (χ4v) is 3.27. The molecule has 2 heterocycles. The van der Waals surface area contributed by atoms with Gasteiger partial charge in [-0.15, -0.1) is 0 Å². The van der Waals surface area contributed by atoms with Crippen molar-refractivity contribution in [2.45, 2.75) is 6.92 Å². The Balaban J connectivity index is 1.88. The van der Waals surface area contributed by atoms with Crippen molar-refractivity contribution in [2.75, 3.05) is 0 Å². The number of oxazole rings is 1. The van der Waals surface area contributed by atoms with Crippen LogP contribution in [0.3, 0.4) is 0 Å². The molecule has 3 aromatic carbocycles. The smallest absolute Gasteiger partial charge is 0.264 e. The largest absolute Gasteiger partial charge is 0.448 e. The van der Waals surface area contributed by atoms with Gasteiger partial charge in [0.25, 0.3) is 5.89 Å². The molecule has 0 unspecified atom stereocenters. The second-order valence-corrected chi connectivity index (χ2v) is 6.01. The van der Waals surface area contributed by atoms with E-state index in [2.05, 4.69) is 17.1 Å². The zero-order valence-corrected chi connectivity index (χ0v) is 13.4. The van der Waals surface area contributed by atoms with Crippen LogP contribution in [0.15, 0.2) is 69.5 Å². The topological polar surface area (TPSA) is 56.2 Å². The molecule has 0 N–H and O–H groups in total. The van der Waals surface area contributed by atoms with Crippen molar-refractivity contribution in [2.24, 2.45) is 0 Å². The first kappa shape index (κ1) is 14.0. The molecule has 25 heavy (non-hydrogen) atoms. The van der Waals surface area contributed by atoms with Crippen LogP contribution in [0.1, 0.15) is 17.5 Å². The van der Waals surface area contributed by atoms with Crippen molar-refractivity contribution in [3.8, 4) is 11.7 Å². The summed E-state index contributed by atoms with van der Waals surface area (Å²) in [5, 5.41) is 4.30. The molecule has 4 heteroatoms. The molecule has 5 aromatic rings. The molecular weight excluding hydrogens is 314 g/mol. The van der Waals surface area contributed by atoms with E-state index in [1.165, 1.54) is 6.92 Å². The predicted molar refractivity (Wildman–Crippen MR) is 96.7 cm³/mol. The molecule has 0 saturated heterocycles. The highest BCUT2D eigenvalue weighted by molar-refractivity contribution is 6.22. The quantitative estimate of drug-likeness (QED) is 0.313. The van der Waals surface area contributed by atoms with E-state index in [1.807, 2.05) is 36.4 Å². The van der Waals surface area contributed by atoms with Crippen LogP contribution in [0.5, 0.6) is 0 Å². The van der Waals surface area contributed by atoms with Gasteiger partial charge in [-0.05, 0) is 22.9 Å². The fraction of sp³-hybridized carbons (Fsp3) is 0.0476. The number of carbonyl (C=O) groups excluding carboxylic acids is 1. The highest BCUT2D eigenvalue weighted by atomic mass is 16.4. The lowest BCUT2D eigenvalue weighted by Gasteiger charge is -2.04. The van der Waals surface area contributed by atoms with Gasteiger partial charge in [0.05, 0.1) is 0 Å². The van der Waals surface area contributed by atoms with Crippen molar-refractivity contribution in [3.05, 3.63) is 66.4 Å². The van der Waals surface area contributed by atoms with Crippen LogP contribution in [0.2, 0.25) is 0 Å². The molecule has 4 nitrogen and oxygen atoms in total. The van der Waals surface area contributed by atoms with Crippen LogP contribution in [0, 0.1) is 0 Å². The zero-order chi connectivity index (χ0) is 17.0. The molecule has 5 rings (SSSR count). The molecule has 0 atom stereocenters. The molecule has 120 valence electrons. The lowest BCUT2D eigenvalue weighted by atomic mass is 10.0. The number of rotatable bonds is 2. The normalized spacial score (nSPS) is 11.6. The summed E-state index contributed by atoms with van der Waals surface area (Å²) in [5.74, 6) is 1.00. The van der Waals surface area contributed by atoms with Crippen molar-refractivity contribution in [3.63, 3.8) is 0 Å². The van der Waals surface area contributed by atoms with E-state index in [0.717, 1.165) is 32.6 Å². The maximum Gasteiger partial charge on any atom is 0.264 e. The van der Waals surface area contributed by atoms with Crippen molar-refractivity contribution < 1.29 is 13.6 Å². The van der Waals surface area contributed by atoms with Gasteiger partial charge in [-0.25, -0.2) is 4.98 Å². The van der Waals surface area contributed by atoms with E-state index >= 15 is 0 Å². The highest BCUT2D eigenvalue weighted by Gasteiger charge is 2.18. The monoisotopic (exact) mass is 327 g/mol. The van der Waals surface area contributed by atoms with E-state index in [-0.39, 0.29) is 5.78 Å². The fourth-order valence-electron chi connectivity index (χ4n) is 3.27. The van der Waals surface area contributed by atoms with Crippen LogP contribution in [0.4, 0.5) is 0 Å². The molecule has 0 amide bonds. The average molecular weight is 327 g/mol. The van der Waals surface area contributed by atoms with E-state index < -0.39 is 0 Å². The van der Waals surface area contributed by atoms with Gasteiger partial charge in [0.1, 0.15) is 5.52 Å². The molecule has 2 aromatic heterocycles. The third kappa shape index (κ3) is 2.01. The molecule has 0 fully saturated rings. The minimum atomic E-state index is -0.127. The van der Waals surface area contributed by atoms with Crippen LogP contribution in [-0.4, -0.2) is 10.8 Å². The zero-order valence-electron chi connectivity index (χ0n) is 13.4. The standard InChI is InChI=1S/C21H13NO3/c1-12(23)17-10-11-18(24-17)21-22-19-15-8-4-2-6-13(15)14-7-3-5-9-16(14)20(19)25-21/h2-11H,1H3. The van der Waals surface area contributed by atoms with Crippen molar-refractivity contribution >= 4 is 38.4 Å². The summed E-state index contributed by atoms with van der Waals surface area (Å²) in [6.45, 7) is 1.47. The Bertz CT molecular complexity index is 1200. The summed E-state index contributed by atoms with van der Waals surface area (Å²) in [6.07, 6.45) is 0. The first-order chi connectivity index (χ1) is 12.2. The summed E-state index contributed by atoms with van der Waals surface area (Å²) in [5.41, 5.74) is 1.52. The number of ketones is 1. The van der Waals surface area contributed by atoms with E-state index in [4.69, 9.17) is 8.83 Å². The number of furan rings is 1. The van der Waals surface area contributed by atoms with Gasteiger partial charge in [-0.1, -0.05) is 48.5 Å². The summed E-state index contributed by atoms with van der Waals surface area (Å²) in [4.78, 5) is 16.1. The van der Waals surface area contributed by atoms with E-state index in [1.54, 1.807) is 12.1 Å². The Morgan fingerprint density at radius 3 is 2.12 bits per heavy atom.